The summed E-state index contributed by atoms with van der Waals surface area (Å²) in [7, 11) is 0. The van der Waals surface area contributed by atoms with Gasteiger partial charge in [0.05, 0.1) is 0 Å². The van der Waals surface area contributed by atoms with E-state index in [1.54, 1.807) is 0 Å². The van der Waals surface area contributed by atoms with Crippen molar-refractivity contribution in [2.75, 3.05) is 5.32 Å². The van der Waals surface area contributed by atoms with E-state index in [2.05, 4.69) is 45.1 Å². The Morgan fingerprint density at radius 2 is 1.78 bits per heavy atom. The third kappa shape index (κ3) is 2.85. The lowest BCUT2D eigenvalue weighted by Crippen LogP contribution is -2.25. The molecule has 0 atom stereocenters. The van der Waals surface area contributed by atoms with Gasteiger partial charge in [0, 0.05) is 18.0 Å². The molecule has 18 heavy (non-hydrogen) atoms. The summed E-state index contributed by atoms with van der Waals surface area (Å²) in [6.45, 7) is 4.26. The highest BCUT2D eigenvalue weighted by molar-refractivity contribution is 9.10. The average molecular weight is 310 g/mol. The summed E-state index contributed by atoms with van der Waals surface area (Å²) >= 11 is 3.49. The predicted octanol–water partition coefficient (Wildman–Crippen LogP) is 3.96. The van der Waals surface area contributed by atoms with Crippen molar-refractivity contribution >= 4 is 21.7 Å². The Morgan fingerprint density at radius 1 is 1.17 bits per heavy atom. The molecule has 2 fully saturated rings. The Labute approximate surface area is 117 Å². The molecule has 2 aliphatic rings. The minimum absolute atomic E-state index is 0.364. The molecule has 1 aromatic rings. The van der Waals surface area contributed by atoms with Gasteiger partial charge in [-0.1, -0.05) is 13.8 Å². The van der Waals surface area contributed by atoms with Gasteiger partial charge in [0.15, 0.2) is 0 Å². The summed E-state index contributed by atoms with van der Waals surface area (Å²) in [5.41, 5.74) is 0. The Morgan fingerprint density at radius 3 is 2.28 bits per heavy atom. The fraction of sp³-hybridized carbons (Fsp3) is 0.714. The van der Waals surface area contributed by atoms with Crippen LogP contribution in [0.2, 0.25) is 0 Å². The summed E-state index contributed by atoms with van der Waals surface area (Å²) < 4.78 is 0.883. The Bertz CT molecular complexity index is 427. The molecule has 0 unspecified atom stereocenters. The molecule has 0 aliphatic heterocycles. The zero-order valence-corrected chi connectivity index (χ0v) is 12.6. The number of aromatic nitrogens is 2. The first kappa shape index (κ1) is 12.4. The molecule has 0 saturated heterocycles. The maximum absolute atomic E-state index is 4.64. The van der Waals surface area contributed by atoms with E-state index in [4.69, 9.17) is 0 Å². The largest absolute Gasteiger partial charge is 0.367 e. The number of nitrogens with zero attached hydrogens (tertiary/aromatic N) is 2. The molecule has 0 amide bonds. The molecule has 1 heterocycles. The Balaban J connectivity index is 1.78. The summed E-state index contributed by atoms with van der Waals surface area (Å²) in [5, 5.41) is 3.66. The van der Waals surface area contributed by atoms with Crippen molar-refractivity contribution in [2.24, 2.45) is 11.8 Å². The number of hydrogen-bond acceptors (Lipinski definition) is 3. The highest BCUT2D eigenvalue weighted by Gasteiger charge is 2.41. The average Bonchev–Trinajstić information content (AvgIpc) is 3.16. The van der Waals surface area contributed by atoms with Gasteiger partial charge < -0.3 is 5.32 Å². The molecule has 4 heteroatoms. The highest BCUT2D eigenvalue weighted by Crippen LogP contribution is 2.45. The lowest BCUT2D eigenvalue weighted by atomic mass is 10.1. The minimum atomic E-state index is 0.364. The van der Waals surface area contributed by atoms with E-state index in [-0.39, 0.29) is 0 Å². The van der Waals surface area contributed by atoms with E-state index >= 15 is 0 Å². The first-order valence-corrected chi connectivity index (χ1v) is 7.74. The van der Waals surface area contributed by atoms with Gasteiger partial charge in [-0.2, -0.15) is 0 Å². The molecule has 3 rings (SSSR count). The molecule has 0 spiro atoms. The quantitative estimate of drug-likeness (QED) is 0.836. The SMILES string of the molecule is CC(C)c1nc(Br)cc(NC(C2CC2)C2CC2)n1. The smallest absolute Gasteiger partial charge is 0.134 e. The van der Waals surface area contributed by atoms with Crippen LogP contribution >= 0.6 is 15.9 Å². The van der Waals surface area contributed by atoms with Crippen molar-refractivity contribution in [1.29, 1.82) is 0 Å². The summed E-state index contributed by atoms with van der Waals surface area (Å²) in [6, 6.07) is 2.65. The van der Waals surface area contributed by atoms with Crippen molar-refractivity contribution < 1.29 is 0 Å². The zero-order valence-electron chi connectivity index (χ0n) is 11.0. The van der Waals surface area contributed by atoms with E-state index in [0.717, 1.165) is 28.1 Å². The fourth-order valence-corrected chi connectivity index (χ4v) is 2.87. The molecule has 0 bridgehead atoms. The van der Waals surface area contributed by atoms with Gasteiger partial charge in [-0.25, -0.2) is 9.97 Å². The number of rotatable bonds is 5. The molecule has 2 aliphatic carbocycles. The second-order valence-electron chi connectivity index (χ2n) is 5.93. The molecule has 0 aromatic carbocycles. The molecular formula is C14H20BrN3. The standard InChI is InChI=1S/C14H20BrN3/c1-8(2)14-16-11(15)7-12(18-14)17-13(9-3-4-9)10-5-6-10/h7-10,13H,3-6H2,1-2H3,(H,16,17,18). The first-order chi connectivity index (χ1) is 8.63. The van der Waals surface area contributed by atoms with E-state index in [0.29, 0.717) is 12.0 Å². The summed E-state index contributed by atoms with van der Waals surface area (Å²) in [5.74, 6) is 4.03. The molecule has 98 valence electrons. The molecule has 1 N–H and O–H groups in total. The van der Waals surface area contributed by atoms with Crippen LogP contribution < -0.4 is 5.32 Å². The van der Waals surface area contributed by atoms with E-state index in [1.165, 1.54) is 25.7 Å². The van der Waals surface area contributed by atoms with Gasteiger partial charge in [0.1, 0.15) is 16.2 Å². The normalized spacial score (nSPS) is 19.6. The molecule has 0 radical (unpaired) electrons. The molecule has 3 nitrogen and oxygen atoms in total. The topological polar surface area (TPSA) is 37.8 Å². The van der Waals surface area contributed by atoms with Gasteiger partial charge in [0.25, 0.3) is 0 Å². The monoisotopic (exact) mass is 309 g/mol. The second kappa shape index (κ2) is 4.80. The van der Waals surface area contributed by atoms with E-state index in [1.807, 2.05) is 6.07 Å². The van der Waals surface area contributed by atoms with Crippen LogP contribution in [-0.2, 0) is 0 Å². The van der Waals surface area contributed by atoms with Gasteiger partial charge in [-0.3, -0.25) is 0 Å². The molecular weight excluding hydrogens is 290 g/mol. The summed E-state index contributed by atoms with van der Waals surface area (Å²) in [6.07, 6.45) is 5.55. The number of hydrogen-bond donors (Lipinski definition) is 1. The second-order valence-corrected chi connectivity index (χ2v) is 6.75. The zero-order chi connectivity index (χ0) is 12.7. The number of anilines is 1. The van der Waals surface area contributed by atoms with Crippen LogP contribution in [0, 0.1) is 11.8 Å². The predicted molar refractivity (Wildman–Crippen MR) is 76.7 cm³/mol. The number of nitrogens with one attached hydrogen (secondary N) is 1. The van der Waals surface area contributed by atoms with Gasteiger partial charge in [0.2, 0.25) is 0 Å². The van der Waals surface area contributed by atoms with E-state index < -0.39 is 0 Å². The van der Waals surface area contributed by atoms with E-state index in [9.17, 15) is 0 Å². The molecule has 1 aromatic heterocycles. The Kier molecular flexibility index (Phi) is 3.31. The van der Waals surface area contributed by atoms with Crippen molar-refractivity contribution in [2.45, 2.75) is 51.5 Å². The van der Waals surface area contributed by atoms with Crippen LogP contribution in [0.1, 0.15) is 51.3 Å². The van der Waals surface area contributed by atoms with Crippen LogP contribution in [0.3, 0.4) is 0 Å². The lowest BCUT2D eigenvalue weighted by Gasteiger charge is -2.19. The van der Waals surface area contributed by atoms with Crippen LogP contribution in [0.5, 0.6) is 0 Å². The van der Waals surface area contributed by atoms with Gasteiger partial charge in [-0.05, 0) is 53.4 Å². The van der Waals surface area contributed by atoms with Crippen molar-refractivity contribution in [3.8, 4) is 0 Å². The maximum Gasteiger partial charge on any atom is 0.134 e. The van der Waals surface area contributed by atoms with Crippen LogP contribution in [0.15, 0.2) is 10.7 Å². The molecule has 2 saturated carbocycles. The number of halogens is 1. The van der Waals surface area contributed by atoms with Crippen LogP contribution in [0.4, 0.5) is 5.82 Å². The van der Waals surface area contributed by atoms with Crippen molar-refractivity contribution in [1.82, 2.24) is 9.97 Å². The minimum Gasteiger partial charge on any atom is -0.367 e. The van der Waals surface area contributed by atoms with Crippen molar-refractivity contribution in [3.05, 3.63) is 16.5 Å². The van der Waals surface area contributed by atoms with Gasteiger partial charge in [-0.15, -0.1) is 0 Å². The maximum atomic E-state index is 4.64. The third-order valence-electron chi connectivity index (χ3n) is 3.80. The van der Waals surface area contributed by atoms with Crippen LogP contribution in [0.25, 0.3) is 0 Å². The van der Waals surface area contributed by atoms with Crippen LogP contribution in [-0.4, -0.2) is 16.0 Å². The Hall–Kier alpha value is -0.640. The summed E-state index contributed by atoms with van der Waals surface area (Å²) in [4.78, 5) is 9.07. The lowest BCUT2D eigenvalue weighted by molar-refractivity contribution is 0.564. The third-order valence-corrected chi connectivity index (χ3v) is 4.21. The van der Waals surface area contributed by atoms with Gasteiger partial charge >= 0.3 is 0 Å². The highest BCUT2D eigenvalue weighted by atomic mass is 79.9. The fourth-order valence-electron chi connectivity index (χ4n) is 2.47. The first-order valence-electron chi connectivity index (χ1n) is 6.94. The van der Waals surface area contributed by atoms with Crippen molar-refractivity contribution in [3.63, 3.8) is 0 Å².